The number of nitrogens with two attached hydrogens (primary N) is 1. The highest BCUT2D eigenvalue weighted by atomic mass is 16.5. The molecule has 3 saturated heterocycles. The van der Waals surface area contributed by atoms with E-state index in [1.165, 1.54) is 6.08 Å². The Morgan fingerprint density at radius 2 is 1.53 bits per heavy atom. The van der Waals surface area contributed by atoms with Gasteiger partial charge in [-0.1, -0.05) is 24.8 Å². The third kappa shape index (κ3) is 4.17. The third-order valence-corrected chi connectivity index (χ3v) is 6.07. The SMILES string of the molecule is C=CC(=O)N1C2CC1CN(c1ccc(C(N)=O)c(Oc3ccc(Oc4ccccc4)cc3)n1)C2. The number of para-hydroxylation sites is 1. The number of amides is 2. The predicted molar refractivity (Wildman–Crippen MR) is 127 cm³/mol. The van der Waals surface area contributed by atoms with Gasteiger partial charge in [0.05, 0.1) is 12.1 Å². The summed E-state index contributed by atoms with van der Waals surface area (Å²) in [4.78, 5) is 32.6. The number of ether oxygens (including phenoxy) is 2. The quantitative estimate of drug-likeness (QED) is 0.544. The Morgan fingerprint density at radius 1 is 0.912 bits per heavy atom. The number of rotatable bonds is 7. The summed E-state index contributed by atoms with van der Waals surface area (Å²) in [5.74, 6) is 2.03. The van der Waals surface area contributed by atoms with Crippen molar-refractivity contribution in [2.75, 3.05) is 18.0 Å². The number of primary amides is 1. The number of anilines is 1. The molecule has 2 amide bonds. The highest BCUT2D eigenvalue weighted by Gasteiger charge is 2.46. The fourth-order valence-electron chi connectivity index (χ4n) is 4.45. The van der Waals surface area contributed by atoms with E-state index in [-0.39, 0.29) is 29.4 Å². The van der Waals surface area contributed by atoms with Crippen molar-refractivity contribution in [3.8, 4) is 23.1 Å². The lowest BCUT2D eigenvalue weighted by atomic mass is 9.87. The molecule has 3 fully saturated rings. The van der Waals surface area contributed by atoms with Crippen molar-refractivity contribution in [3.63, 3.8) is 0 Å². The molecule has 3 aliphatic heterocycles. The summed E-state index contributed by atoms with van der Waals surface area (Å²) in [5.41, 5.74) is 5.75. The van der Waals surface area contributed by atoms with Crippen molar-refractivity contribution >= 4 is 17.6 Å². The molecule has 2 N–H and O–H groups in total. The van der Waals surface area contributed by atoms with Gasteiger partial charge in [0.15, 0.2) is 0 Å². The second kappa shape index (κ2) is 8.90. The van der Waals surface area contributed by atoms with Crippen LogP contribution in [0.5, 0.6) is 23.1 Å². The van der Waals surface area contributed by atoms with Crippen molar-refractivity contribution in [2.24, 2.45) is 5.73 Å². The monoisotopic (exact) mass is 456 g/mol. The molecule has 8 nitrogen and oxygen atoms in total. The summed E-state index contributed by atoms with van der Waals surface area (Å²) in [6.07, 6.45) is 2.33. The molecule has 0 radical (unpaired) electrons. The summed E-state index contributed by atoms with van der Waals surface area (Å²) >= 11 is 0. The number of benzene rings is 2. The molecule has 6 rings (SSSR count). The second-order valence-electron chi connectivity index (χ2n) is 8.27. The summed E-state index contributed by atoms with van der Waals surface area (Å²) in [6.45, 7) is 4.90. The minimum absolute atomic E-state index is 0.0401. The van der Waals surface area contributed by atoms with Gasteiger partial charge in [-0.2, -0.15) is 4.98 Å². The summed E-state index contributed by atoms with van der Waals surface area (Å²) in [5, 5.41) is 0. The maximum atomic E-state index is 12.0. The number of piperazine rings is 1. The Morgan fingerprint density at radius 3 is 2.15 bits per heavy atom. The van der Waals surface area contributed by atoms with Gasteiger partial charge in [0.1, 0.15) is 28.6 Å². The van der Waals surface area contributed by atoms with E-state index in [4.69, 9.17) is 15.2 Å². The lowest BCUT2D eigenvalue weighted by Crippen LogP contribution is -2.70. The first kappa shape index (κ1) is 21.5. The number of pyridine rings is 1. The average molecular weight is 457 g/mol. The van der Waals surface area contributed by atoms with Gasteiger partial charge in [-0.05, 0) is 61.0 Å². The zero-order chi connectivity index (χ0) is 23.7. The normalized spacial score (nSPS) is 18.6. The Bertz CT molecular complexity index is 1220. The molecule has 3 aliphatic rings. The van der Waals surface area contributed by atoms with E-state index < -0.39 is 5.91 Å². The standard InChI is InChI=1S/C26H24N4O4/c1-2-24(31)30-17-14-18(30)16-29(15-17)23-13-12-22(25(27)32)26(28-23)34-21-10-8-20(9-11-21)33-19-6-4-3-5-7-19/h2-13,17-18H,1,14-16H2,(H2,27,32). The first-order valence-electron chi connectivity index (χ1n) is 11.0. The third-order valence-electron chi connectivity index (χ3n) is 6.07. The fraction of sp³-hybridized carbons (Fsp3) is 0.192. The zero-order valence-electron chi connectivity index (χ0n) is 18.5. The van der Waals surface area contributed by atoms with E-state index in [1.807, 2.05) is 35.2 Å². The van der Waals surface area contributed by atoms with Crippen LogP contribution < -0.4 is 20.1 Å². The van der Waals surface area contributed by atoms with Gasteiger partial charge in [0, 0.05) is 13.1 Å². The molecule has 4 heterocycles. The molecule has 2 atom stereocenters. The molecule has 2 unspecified atom stereocenters. The topological polar surface area (TPSA) is 98.0 Å². The molecule has 3 aromatic rings. The minimum Gasteiger partial charge on any atom is -0.457 e. The minimum atomic E-state index is -0.623. The number of fused-ring (bicyclic) bond motifs is 2. The maximum absolute atomic E-state index is 12.0. The summed E-state index contributed by atoms with van der Waals surface area (Å²) in [7, 11) is 0. The van der Waals surface area contributed by atoms with Crippen LogP contribution in [0.3, 0.4) is 0 Å². The van der Waals surface area contributed by atoms with Gasteiger partial charge in [-0.3, -0.25) is 9.59 Å². The van der Waals surface area contributed by atoms with E-state index in [2.05, 4.69) is 16.5 Å². The summed E-state index contributed by atoms with van der Waals surface area (Å²) < 4.78 is 11.8. The first-order chi connectivity index (χ1) is 16.5. The van der Waals surface area contributed by atoms with E-state index >= 15 is 0 Å². The number of carbonyl (C=O) groups is 2. The Labute approximate surface area is 197 Å². The van der Waals surface area contributed by atoms with E-state index in [0.29, 0.717) is 30.4 Å². The second-order valence-corrected chi connectivity index (χ2v) is 8.27. The van der Waals surface area contributed by atoms with Gasteiger partial charge in [0.2, 0.25) is 11.8 Å². The van der Waals surface area contributed by atoms with Gasteiger partial charge in [0.25, 0.3) is 5.91 Å². The van der Waals surface area contributed by atoms with E-state index in [9.17, 15) is 9.59 Å². The number of carbonyl (C=O) groups excluding carboxylic acids is 2. The number of piperidine rings is 1. The lowest BCUT2D eigenvalue weighted by Gasteiger charge is -2.56. The molecule has 0 aliphatic carbocycles. The van der Waals surface area contributed by atoms with E-state index in [0.717, 1.165) is 12.2 Å². The van der Waals surface area contributed by atoms with E-state index in [1.54, 1.807) is 36.4 Å². The average Bonchev–Trinajstić information content (AvgIpc) is 2.85. The van der Waals surface area contributed by atoms with Crippen LogP contribution >= 0.6 is 0 Å². The Balaban J connectivity index is 1.32. The van der Waals surface area contributed by atoms with Crippen LogP contribution in [0.2, 0.25) is 0 Å². The van der Waals surface area contributed by atoms with Crippen LogP contribution in [0.4, 0.5) is 5.82 Å². The number of aromatic nitrogens is 1. The van der Waals surface area contributed by atoms with Crippen molar-refractivity contribution < 1.29 is 19.1 Å². The van der Waals surface area contributed by atoms with Crippen molar-refractivity contribution in [3.05, 3.63) is 84.9 Å². The zero-order valence-corrected chi connectivity index (χ0v) is 18.5. The Hall–Kier alpha value is -4.33. The van der Waals surface area contributed by atoms with Crippen LogP contribution in [0, 0.1) is 0 Å². The maximum Gasteiger partial charge on any atom is 0.254 e. The smallest absolute Gasteiger partial charge is 0.254 e. The Kier molecular flexibility index (Phi) is 5.63. The number of hydrogen-bond donors (Lipinski definition) is 1. The molecular formula is C26H24N4O4. The molecule has 34 heavy (non-hydrogen) atoms. The first-order valence-corrected chi connectivity index (χ1v) is 11.0. The van der Waals surface area contributed by atoms with Crippen LogP contribution in [0.1, 0.15) is 16.8 Å². The molecule has 1 aromatic heterocycles. The summed E-state index contributed by atoms with van der Waals surface area (Å²) in [6, 6.07) is 20.1. The molecule has 2 aromatic carbocycles. The van der Waals surface area contributed by atoms with Gasteiger partial charge < -0.3 is 25.0 Å². The van der Waals surface area contributed by atoms with Gasteiger partial charge in [-0.25, -0.2) is 0 Å². The molecule has 2 bridgehead atoms. The molecule has 0 saturated carbocycles. The molecule has 0 spiro atoms. The highest BCUT2D eigenvalue weighted by Crippen LogP contribution is 2.36. The predicted octanol–water partition coefficient (Wildman–Crippen LogP) is 3.74. The highest BCUT2D eigenvalue weighted by molar-refractivity contribution is 5.95. The van der Waals surface area contributed by atoms with Crippen molar-refractivity contribution in [1.29, 1.82) is 0 Å². The molecule has 8 heteroatoms. The van der Waals surface area contributed by atoms with Crippen LogP contribution in [0.15, 0.2) is 79.4 Å². The van der Waals surface area contributed by atoms with Crippen LogP contribution in [-0.2, 0) is 4.79 Å². The van der Waals surface area contributed by atoms with Crippen LogP contribution in [0.25, 0.3) is 0 Å². The number of nitrogens with zero attached hydrogens (tertiary/aromatic N) is 3. The van der Waals surface area contributed by atoms with Crippen molar-refractivity contribution in [2.45, 2.75) is 18.5 Å². The number of hydrogen-bond acceptors (Lipinski definition) is 6. The van der Waals surface area contributed by atoms with Gasteiger partial charge in [-0.15, -0.1) is 0 Å². The van der Waals surface area contributed by atoms with Crippen LogP contribution in [-0.4, -0.2) is 46.9 Å². The lowest BCUT2D eigenvalue weighted by molar-refractivity contribution is -0.140. The molecular weight excluding hydrogens is 432 g/mol. The molecule has 172 valence electrons. The van der Waals surface area contributed by atoms with Gasteiger partial charge >= 0.3 is 0 Å². The fourth-order valence-corrected chi connectivity index (χ4v) is 4.45. The largest absolute Gasteiger partial charge is 0.457 e. The van der Waals surface area contributed by atoms with Crippen molar-refractivity contribution in [1.82, 2.24) is 9.88 Å².